The highest BCUT2D eigenvalue weighted by atomic mass is 16.2. The van der Waals surface area contributed by atoms with Gasteiger partial charge in [0.05, 0.1) is 11.9 Å². The van der Waals surface area contributed by atoms with Crippen molar-refractivity contribution in [2.75, 3.05) is 18.4 Å². The van der Waals surface area contributed by atoms with Gasteiger partial charge in [0.25, 0.3) is 11.5 Å². The number of hydrogen-bond acceptors (Lipinski definition) is 4. The predicted molar refractivity (Wildman–Crippen MR) is 92.4 cm³/mol. The van der Waals surface area contributed by atoms with Crippen LogP contribution in [0.5, 0.6) is 0 Å². The van der Waals surface area contributed by atoms with Crippen LogP contribution in [0.15, 0.2) is 35.5 Å². The third kappa shape index (κ3) is 3.78. The molecule has 3 rings (SSSR count). The van der Waals surface area contributed by atoms with Crippen molar-refractivity contribution in [1.29, 1.82) is 0 Å². The summed E-state index contributed by atoms with van der Waals surface area (Å²) in [5, 5.41) is 6.73. The molecular formula is C17H21N5O3. The maximum Gasteiger partial charge on any atom is 0.263 e. The van der Waals surface area contributed by atoms with Gasteiger partial charge in [0.1, 0.15) is 12.1 Å². The maximum absolute atomic E-state index is 12.5. The average molecular weight is 343 g/mol. The number of anilines is 1. The molecule has 2 aromatic heterocycles. The fourth-order valence-electron chi connectivity index (χ4n) is 2.85. The van der Waals surface area contributed by atoms with E-state index in [4.69, 9.17) is 0 Å². The number of pyridine rings is 1. The molecule has 1 N–H and O–H groups in total. The van der Waals surface area contributed by atoms with Crippen molar-refractivity contribution in [2.24, 2.45) is 0 Å². The first-order valence-electron chi connectivity index (χ1n) is 8.39. The van der Waals surface area contributed by atoms with Gasteiger partial charge < -0.3 is 14.8 Å². The van der Waals surface area contributed by atoms with E-state index >= 15 is 0 Å². The van der Waals surface area contributed by atoms with E-state index in [1.807, 2.05) is 6.92 Å². The van der Waals surface area contributed by atoms with E-state index in [9.17, 15) is 14.4 Å². The summed E-state index contributed by atoms with van der Waals surface area (Å²) in [6.07, 6.45) is 6.74. The Morgan fingerprint density at radius 2 is 2.04 bits per heavy atom. The molecule has 0 saturated carbocycles. The van der Waals surface area contributed by atoms with Gasteiger partial charge >= 0.3 is 0 Å². The van der Waals surface area contributed by atoms with E-state index in [-0.39, 0.29) is 18.0 Å². The number of aromatic nitrogens is 3. The molecule has 0 bridgehead atoms. The molecule has 2 aromatic rings. The van der Waals surface area contributed by atoms with Crippen LogP contribution >= 0.6 is 0 Å². The zero-order valence-corrected chi connectivity index (χ0v) is 14.1. The largest absolute Gasteiger partial charge is 0.341 e. The average Bonchev–Trinajstić information content (AvgIpc) is 3.28. The lowest BCUT2D eigenvalue weighted by Crippen LogP contribution is -2.36. The predicted octanol–water partition coefficient (Wildman–Crippen LogP) is 0.939. The SMILES string of the molecule is CCn1cc(NC(=O)c2cccn(CC(=O)N3CCCC3)c2=O)cn1. The molecule has 1 aliphatic rings. The van der Waals surface area contributed by atoms with Crippen molar-refractivity contribution in [3.63, 3.8) is 0 Å². The summed E-state index contributed by atoms with van der Waals surface area (Å²) in [5.41, 5.74) is 0.0474. The molecule has 0 aromatic carbocycles. The van der Waals surface area contributed by atoms with E-state index in [0.29, 0.717) is 12.2 Å². The van der Waals surface area contributed by atoms with Crippen LogP contribution in [0.2, 0.25) is 0 Å². The normalized spacial score (nSPS) is 13.9. The number of likely N-dealkylation sites (tertiary alicyclic amines) is 1. The summed E-state index contributed by atoms with van der Waals surface area (Å²) in [5.74, 6) is -0.606. The van der Waals surface area contributed by atoms with Crippen LogP contribution in [-0.2, 0) is 17.9 Å². The highest BCUT2D eigenvalue weighted by Crippen LogP contribution is 2.09. The molecule has 1 fully saturated rings. The van der Waals surface area contributed by atoms with Crippen LogP contribution in [0.4, 0.5) is 5.69 Å². The lowest BCUT2D eigenvalue weighted by Gasteiger charge is -2.16. The van der Waals surface area contributed by atoms with Gasteiger partial charge in [-0.1, -0.05) is 0 Å². The van der Waals surface area contributed by atoms with E-state index < -0.39 is 11.5 Å². The zero-order valence-electron chi connectivity index (χ0n) is 14.1. The molecule has 132 valence electrons. The van der Waals surface area contributed by atoms with Crippen LogP contribution in [0.3, 0.4) is 0 Å². The Hall–Kier alpha value is -2.90. The van der Waals surface area contributed by atoms with E-state index in [1.54, 1.807) is 21.8 Å². The standard InChI is InChI=1S/C17H21N5O3/c1-2-22-11-13(10-18-22)19-16(24)14-6-5-9-21(17(14)25)12-15(23)20-7-3-4-8-20/h5-6,9-11H,2-4,7-8,12H2,1H3,(H,19,24). The minimum atomic E-state index is -0.511. The topological polar surface area (TPSA) is 89.2 Å². The third-order valence-electron chi connectivity index (χ3n) is 4.24. The first kappa shape index (κ1) is 16.9. The second-order valence-electron chi connectivity index (χ2n) is 5.98. The smallest absolute Gasteiger partial charge is 0.263 e. The molecule has 0 atom stereocenters. The van der Waals surface area contributed by atoms with E-state index in [2.05, 4.69) is 10.4 Å². The first-order chi connectivity index (χ1) is 12.1. The molecule has 1 saturated heterocycles. The van der Waals surface area contributed by atoms with Gasteiger partial charge in [0, 0.05) is 32.0 Å². The van der Waals surface area contributed by atoms with Gasteiger partial charge in [-0.2, -0.15) is 5.10 Å². The van der Waals surface area contributed by atoms with Crippen molar-refractivity contribution < 1.29 is 9.59 Å². The Morgan fingerprint density at radius 3 is 2.72 bits per heavy atom. The summed E-state index contributed by atoms with van der Waals surface area (Å²) in [6, 6.07) is 3.06. The number of hydrogen-bond donors (Lipinski definition) is 1. The molecule has 0 unspecified atom stereocenters. The highest BCUT2D eigenvalue weighted by molar-refractivity contribution is 6.03. The van der Waals surface area contributed by atoms with Crippen molar-refractivity contribution in [1.82, 2.24) is 19.2 Å². The highest BCUT2D eigenvalue weighted by Gasteiger charge is 2.20. The molecule has 8 nitrogen and oxygen atoms in total. The number of aryl methyl sites for hydroxylation is 1. The number of nitrogens with one attached hydrogen (secondary N) is 1. The minimum absolute atomic E-state index is 0.000899. The Kier molecular flexibility index (Phi) is 4.97. The Labute approximate surface area is 145 Å². The first-order valence-corrected chi connectivity index (χ1v) is 8.39. The summed E-state index contributed by atoms with van der Waals surface area (Å²) in [6.45, 7) is 4.04. The lowest BCUT2D eigenvalue weighted by molar-refractivity contribution is -0.130. The van der Waals surface area contributed by atoms with Crippen LogP contribution in [0.25, 0.3) is 0 Å². The van der Waals surface area contributed by atoms with Gasteiger partial charge in [-0.3, -0.25) is 19.1 Å². The van der Waals surface area contributed by atoms with Crippen LogP contribution < -0.4 is 10.9 Å². The number of rotatable bonds is 5. The van der Waals surface area contributed by atoms with Gasteiger partial charge in [0.15, 0.2) is 0 Å². The number of amides is 2. The summed E-state index contributed by atoms with van der Waals surface area (Å²) >= 11 is 0. The molecule has 2 amide bonds. The lowest BCUT2D eigenvalue weighted by atomic mass is 10.2. The van der Waals surface area contributed by atoms with Gasteiger partial charge in [0.2, 0.25) is 5.91 Å². The van der Waals surface area contributed by atoms with Crippen LogP contribution in [0.1, 0.15) is 30.1 Å². The molecule has 8 heteroatoms. The van der Waals surface area contributed by atoms with Crippen molar-refractivity contribution in [3.8, 4) is 0 Å². The minimum Gasteiger partial charge on any atom is -0.341 e. The molecule has 0 aliphatic carbocycles. The van der Waals surface area contributed by atoms with Crippen molar-refractivity contribution >= 4 is 17.5 Å². The fourth-order valence-corrected chi connectivity index (χ4v) is 2.85. The monoisotopic (exact) mass is 343 g/mol. The Morgan fingerprint density at radius 1 is 1.28 bits per heavy atom. The summed E-state index contributed by atoms with van der Waals surface area (Å²) in [4.78, 5) is 38.9. The molecule has 25 heavy (non-hydrogen) atoms. The van der Waals surface area contributed by atoms with E-state index in [1.165, 1.54) is 23.0 Å². The third-order valence-corrected chi connectivity index (χ3v) is 4.24. The molecular weight excluding hydrogens is 322 g/mol. The number of carbonyl (C=O) groups excluding carboxylic acids is 2. The van der Waals surface area contributed by atoms with Gasteiger partial charge in [-0.05, 0) is 31.9 Å². The second kappa shape index (κ2) is 7.33. The van der Waals surface area contributed by atoms with E-state index in [0.717, 1.165) is 25.9 Å². The van der Waals surface area contributed by atoms with Gasteiger partial charge in [-0.25, -0.2) is 0 Å². The number of nitrogens with zero attached hydrogens (tertiary/aromatic N) is 4. The molecule has 0 radical (unpaired) electrons. The fraction of sp³-hybridized carbons (Fsp3) is 0.412. The van der Waals surface area contributed by atoms with Crippen molar-refractivity contribution in [2.45, 2.75) is 32.9 Å². The molecule has 3 heterocycles. The van der Waals surface area contributed by atoms with Crippen LogP contribution in [0, 0.1) is 0 Å². The maximum atomic E-state index is 12.5. The number of carbonyl (C=O) groups is 2. The summed E-state index contributed by atoms with van der Waals surface area (Å²) in [7, 11) is 0. The van der Waals surface area contributed by atoms with Crippen molar-refractivity contribution in [3.05, 3.63) is 46.6 Å². The quantitative estimate of drug-likeness (QED) is 0.875. The zero-order chi connectivity index (χ0) is 17.8. The van der Waals surface area contributed by atoms with Crippen LogP contribution in [-0.4, -0.2) is 44.2 Å². The Balaban J connectivity index is 1.74. The van der Waals surface area contributed by atoms with Gasteiger partial charge in [-0.15, -0.1) is 0 Å². The molecule has 1 aliphatic heterocycles. The Bertz CT molecular complexity index is 833. The molecule has 0 spiro atoms. The second-order valence-corrected chi connectivity index (χ2v) is 5.98. The summed E-state index contributed by atoms with van der Waals surface area (Å²) < 4.78 is 2.96.